The highest BCUT2D eigenvalue weighted by Crippen LogP contribution is 2.19. The minimum Gasteiger partial charge on any atom is -0.508 e. The molecule has 6 unspecified atom stereocenters. The van der Waals surface area contributed by atoms with E-state index in [9.17, 15) is 38.4 Å². The Morgan fingerprint density at radius 2 is 0.773 bits per heavy atom. The highest BCUT2D eigenvalue weighted by atomic mass is 32.1. The van der Waals surface area contributed by atoms with E-state index < -0.39 is 84.0 Å². The zero-order valence-corrected chi connectivity index (χ0v) is 41.1. The fourth-order valence-corrected chi connectivity index (χ4v) is 5.16. The van der Waals surface area contributed by atoms with E-state index >= 15 is 0 Å². The van der Waals surface area contributed by atoms with E-state index in [2.05, 4.69) is 23.3 Å². The second-order valence-corrected chi connectivity index (χ2v) is 15.7. The molecule has 0 bridgehead atoms. The van der Waals surface area contributed by atoms with Gasteiger partial charge in [0.05, 0.1) is 6.54 Å². The first-order chi connectivity index (χ1) is 35.1. The van der Waals surface area contributed by atoms with Crippen molar-refractivity contribution in [2.24, 2.45) is 40.1 Å². The SMILES string of the molecule is NC(CCC(=O)O)C(=O)O.NC(CS)C(=O)O.NC(Cc1c[nH]c2ccccc12)C(=O)O.NC(Cc1ccc(O)cc1)C(=O)O.NC(Cc1ccc(O)cc1)C(=O)O.NC(Cc1ccccc1)C(=O)O.NCC(=O)O. The van der Waals surface area contributed by atoms with Crippen LogP contribution in [-0.4, -0.2) is 152 Å². The maximum absolute atomic E-state index is 10.6. The number of hydrogen-bond donors (Lipinski definition) is 19. The molecule has 1 heterocycles. The number of fused-ring (bicyclic) bond motifs is 1. The number of carbonyl (C=O) groups is 8. The number of phenolic OH excluding ortho intramolecular Hbond substituents is 2. The Labute approximate surface area is 434 Å². The molecule has 412 valence electrons. The van der Waals surface area contributed by atoms with Gasteiger partial charge in [-0.25, -0.2) is 0 Å². The zero-order chi connectivity index (χ0) is 57.8. The van der Waals surface area contributed by atoms with E-state index in [1.54, 1.807) is 24.3 Å². The normalized spacial score (nSPS) is 12.3. The Kier molecular flexibility index (Phi) is 35.4. The summed E-state index contributed by atoms with van der Waals surface area (Å²) in [5.74, 6) is -7.63. The first-order valence-corrected chi connectivity index (χ1v) is 22.5. The van der Waals surface area contributed by atoms with Gasteiger partial charge in [-0.1, -0.05) is 72.8 Å². The number of aromatic amines is 1. The van der Waals surface area contributed by atoms with Crippen molar-refractivity contribution in [3.05, 3.63) is 132 Å². The molecule has 0 aliphatic rings. The van der Waals surface area contributed by atoms with Crippen LogP contribution in [0.5, 0.6) is 11.5 Å². The van der Waals surface area contributed by atoms with Crippen LogP contribution in [-0.2, 0) is 64.0 Å². The van der Waals surface area contributed by atoms with Gasteiger partial charge in [-0.05, 0) is 78.3 Å². The zero-order valence-electron chi connectivity index (χ0n) is 40.2. The quantitative estimate of drug-likeness (QED) is 0.0487. The van der Waals surface area contributed by atoms with Crippen LogP contribution in [0, 0.1) is 0 Å². The van der Waals surface area contributed by atoms with E-state index in [4.69, 9.17) is 85.5 Å². The van der Waals surface area contributed by atoms with Crippen LogP contribution in [0.15, 0.2) is 109 Å². The minimum atomic E-state index is -1.17. The predicted octanol–water partition coefficient (Wildman–Crippen LogP) is 0.0774. The van der Waals surface area contributed by atoms with Crippen molar-refractivity contribution in [2.45, 2.75) is 74.8 Å². The highest BCUT2D eigenvalue weighted by Gasteiger charge is 2.16. The first-order valence-electron chi connectivity index (χ1n) is 21.9. The maximum Gasteiger partial charge on any atom is 0.321 e. The number of H-pyrrole nitrogens is 1. The summed E-state index contributed by atoms with van der Waals surface area (Å²) in [5, 5.41) is 85.1. The second-order valence-electron chi connectivity index (χ2n) is 15.4. The van der Waals surface area contributed by atoms with Crippen molar-refractivity contribution < 1.29 is 89.4 Å². The van der Waals surface area contributed by atoms with Gasteiger partial charge >= 0.3 is 47.8 Å². The van der Waals surface area contributed by atoms with Crippen molar-refractivity contribution in [2.75, 3.05) is 12.3 Å². The van der Waals surface area contributed by atoms with Crippen molar-refractivity contribution in [1.29, 1.82) is 0 Å². The number of nitrogens with one attached hydrogen (secondary N) is 1. The van der Waals surface area contributed by atoms with Gasteiger partial charge in [0.25, 0.3) is 0 Å². The number of aliphatic carboxylic acids is 8. The van der Waals surface area contributed by atoms with Gasteiger partial charge in [-0.15, -0.1) is 0 Å². The number of phenols is 2. The van der Waals surface area contributed by atoms with E-state index in [-0.39, 0.29) is 49.5 Å². The van der Waals surface area contributed by atoms with Gasteiger partial charge in [-0.3, -0.25) is 38.4 Å². The lowest BCUT2D eigenvalue weighted by Gasteiger charge is -2.05. The molecule has 5 aromatic rings. The second kappa shape index (κ2) is 38.5. The number of aromatic hydroxyl groups is 2. The molecule has 6 atom stereocenters. The Hall–Kier alpha value is -8.15. The van der Waals surface area contributed by atoms with E-state index in [1.807, 2.05) is 60.8 Å². The van der Waals surface area contributed by atoms with E-state index in [1.165, 1.54) is 24.3 Å². The topological polar surface area (TPSA) is 537 Å². The van der Waals surface area contributed by atoms with Gasteiger partial charge in [-0.2, -0.15) is 12.6 Å². The van der Waals surface area contributed by atoms with Crippen molar-refractivity contribution in [3.63, 3.8) is 0 Å². The van der Waals surface area contributed by atoms with Crippen LogP contribution in [0.4, 0.5) is 0 Å². The Bertz CT molecular complexity index is 2440. The molecule has 0 radical (unpaired) electrons. The molecule has 0 aliphatic heterocycles. The molecule has 5 rings (SSSR count). The molecule has 0 saturated heterocycles. The third-order valence-electron chi connectivity index (χ3n) is 9.14. The number of para-hydroxylation sites is 1. The standard InChI is InChI=1S/C11H12N2O2.2C9H11NO3.C9H11NO2.C5H9NO4.C3H7NO2S.C2H5NO2/c12-9(11(14)15)5-7-6-13-10-4-2-1-3-8(7)10;2*10-8(9(12)13)5-6-1-3-7(11)4-2-6;10-8(9(11)12)6-7-4-2-1-3-5-7;6-3(5(9)10)1-2-4(7)8;4-2(1-7)3(5)6;3-1-2(4)5/h1-4,6,9,13H,5,12H2,(H,14,15);2*1-4,8,11H,5,10H2,(H,12,13);1-5,8H,6,10H2,(H,11,12);3H,1-2,6H2,(H,7,8)(H,9,10);2,7H,1,4H2,(H,5,6);1,3H2,(H,4,5). The molecule has 0 saturated carbocycles. The summed E-state index contributed by atoms with van der Waals surface area (Å²) in [7, 11) is 0. The molecular weight excluding hydrogens is 1010 g/mol. The lowest BCUT2D eigenvalue weighted by atomic mass is 10.1. The van der Waals surface area contributed by atoms with Gasteiger partial charge in [0.15, 0.2) is 0 Å². The Morgan fingerprint density at radius 3 is 1.09 bits per heavy atom. The summed E-state index contributed by atoms with van der Waals surface area (Å²) in [6.07, 6.45) is 2.87. The average molecular weight is 1080 g/mol. The third-order valence-corrected chi connectivity index (χ3v) is 9.53. The molecule has 26 nitrogen and oxygen atoms in total. The van der Waals surface area contributed by atoms with Crippen LogP contribution in [0.25, 0.3) is 10.9 Å². The molecular formula is C48H66N8O18S. The van der Waals surface area contributed by atoms with Gasteiger partial charge in [0.2, 0.25) is 0 Å². The summed E-state index contributed by atoms with van der Waals surface area (Å²) in [6, 6.07) is 24.4. The van der Waals surface area contributed by atoms with Crippen molar-refractivity contribution in [3.8, 4) is 11.5 Å². The third kappa shape index (κ3) is 34.0. The monoisotopic (exact) mass is 1070 g/mol. The van der Waals surface area contributed by atoms with E-state index in [0.717, 1.165) is 33.2 Å². The summed E-state index contributed by atoms with van der Waals surface area (Å²) in [4.78, 5) is 83.8. The number of hydrogen-bond acceptors (Lipinski definition) is 18. The first kappa shape index (κ1) is 68.9. The number of benzene rings is 4. The summed E-state index contributed by atoms with van der Waals surface area (Å²) >= 11 is 3.65. The number of thiol groups is 1. The van der Waals surface area contributed by atoms with Crippen LogP contribution < -0.4 is 40.1 Å². The molecule has 75 heavy (non-hydrogen) atoms. The summed E-state index contributed by atoms with van der Waals surface area (Å²) in [5.41, 5.74) is 40.5. The number of carboxylic acids is 8. The molecule has 4 aromatic carbocycles. The van der Waals surface area contributed by atoms with Crippen LogP contribution >= 0.6 is 12.6 Å². The number of carboxylic acid groups (broad SMARTS) is 8. The van der Waals surface area contributed by atoms with Gasteiger partial charge < -0.3 is 96.2 Å². The lowest BCUT2D eigenvalue weighted by Crippen LogP contribution is -2.32. The van der Waals surface area contributed by atoms with Gasteiger partial charge in [0, 0.05) is 35.7 Å². The fraction of sp³-hybridized carbons (Fsp3) is 0.292. The number of aromatic nitrogens is 1. The predicted molar refractivity (Wildman–Crippen MR) is 277 cm³/mol. The molecule has 0 aliphatic carbocycles. The molecule has 0 fully saturated rings. The van der Waals surface area contributed by atoms with Crippen LogP contribution in [0.1, 0.15) is 35.1 Å². The maximum atomic E-state index is 10.6. The largest absolute Gasteiger partial charge is 0.508 e. The molecule has 1 aromatic heterocycles. The minimum absolute atomic E-state index is 0.0231. The Morgan fingerprint density at radius 1 is 0.440 bits per heavy atom. The molecule has 25 N–H and O–H groups in total. The molecule has 0 spiro atoms. The van der Waals surface area contributed by atoms with Crippen molar-refractivity contribution >= 4 is 71.3 Å². The average Bonchev–Trinajstić information content (AvgIpc) is 3.77. The van der Waals surface area contributed by atoms with Crippen LogP contribution in [0.3, 0.4) is 0 Å². The van der Waals surface area contributed by atoms with Crippen molar-refractivity contribution in [1.82, 2.24) is 4.98 Å². The van der Waals surface area contributed by atoms with E-state index in [0.29, 0.717) is 12.8 Å². The highest BCUT2D eigenvalue weighted by molar-refractivity contribution is 7.80. The lowest BCUT2D eigenvalue weighted by molar-refractivity contribution is -0.141. The summed E-state index contributed by atoms with van der Waals surface area (Å²) < 4.78 is 0. The molecule has 0 amide bonds. The number of nitrogens with two attached hydrogens (primary N) is 7. The van der Waals surface area contributed by atoms with Gasteiger partial charge in [0.1, 0.15) is 47.8 Å². The summed E-state index contributed by atoms with van der Waals surface area (Å²) in [6.45, 7) is -0.278. The number of rotatable bonds is 19. The van der Waals surface area contributed by atoms with Crippen LogP contribution in [0.2, 0.25) is 0 Å². The fourth-order valence-electron chi connectivity index (χ4n) is 5.01. The Balaban J connectivity index is 0. The molecule has 27 heteroatoms. The smallest absolute Gasteiger partial charge is 0.321 e.